The molecule has 0 fully saturated rings. The summed E-state index contributed by atoms with van der Waals surface area (Å²) in [5, 5.41) is 3.93. The van der Waals surface area contributed by atoms with Crippen molar-refractivity contribution < 1.29 is 17.9 Å². The maximum absolute atomic E-state index is 12.3. The number of hydrogen-bond donors (Lipinski definition) is 2. The van der Waals surface area contributed by atoms with Crippen molar-refractivity contribution in [3.8, 4) is 5.75 Å². The first-order valence-corrected chi connectivity index (χ1v) is 10.1. The molecule has 0 saturated heterocycles. The Balaban J connectivity index is 1.64. The zero-order valence-electron chi connectivity index (χ0n) is 15.6. The molecule has 0 saturated carbocycles. The fraction of sp³-hybridized carbons (Fsp3) is 0.0476. The number of carbonyl (C=O) groups excluding carboxylic acids is 1. The van der Waals surface area contributed by atoms with Gasteiger partial charge in [-0.25, -0.2) is 13.8 Å². The van der Waals surface area contributed by atoms with Gasteiger partial charge in [-0.3, -0.25) is 9.52 Å². The Morgan fingerprint density at radius 1 is 0.931 bits per heavy atom. The summed E-state index contributed by atoms with van der Waals surface area (Å²) in [4.78, 5) is 12.4. The van der Waals surface area contributed by atoms with Crippen LogP contribution in [-0.2, 0) is 10.0 Å². The minimum Gasteiger partial charge on any atom is -0.496 e. The first-order valence-electron chi connectivity index (χ1n) is 8.64. The van der Waals surface area contributed by atoms with Crippen LogP contribution < -0.4 is 14.9 Å². The molecule has 0 heterocycles. The highest BCUT2D eigenvalue weighted by Gasteiger charge is 2.13. The van der Waals surface area contributed by atoms with E-state index in [1.54, 1.807) is 31.4 Å². The smallest absolute Gasteiger partial charge is 0.271 e. The second kappa shape index (κ2) is 9.03. The van der Waals surface area contributed by atoms with E-state index in [0.717, 1.165) is 5.56 Å². The van der Waals surface area contributed by atoms with Crippen LogP contribution in [0.3, 0.4) is 0 Å². The summed E-state index contributed by atoms with van der Waals surface area (Å²) >= 11 is 0. The minimum absolute atomic E-state index is 0.160. The quantitative estimate of drug-likeness (QED) is 0.462. The molecule has 3 aromatic rings. The van der Waals surface area contributed by atoms with E-state index >= 15 is 0 Å². The van der Waals surface area contributed by atoms with Crippen LogP contribution in [0.2, 0.25) is 0 Å². The molecule has 1 amide bonds. The number of hydrogen-bond acceptors (Lipinski definition) is 5. The van der Waals surface area contributed by atoms with Crippen LogP contribution in [0.15, 0.2) is 88.9 Å². The molecule has 29 heavy (non-hydrogen) atoms. The molecule has 0 aromatic heterocycles. The van der Waals surface area contributed by atoms with Crippen molar-refractivity contribution >= 4 is 27.8 Å². The Labute approximate surface area is 169 Å². The molecule has 0 aliphatic carbocycles. The summed E-state index contributed by atoms with van der Waals surface area (Å²) in [6.45, 7) is 0. The molecule has 8 heteroatoms. The SMILES string of the molecule is COc1ccccc1/C=N\NC(=O)c1ccc(NS(=O)(=O)c2ccccc2)cc1. The molecule has 0 radical (unpaired) electrons. The van der Waals surface area contributed by atoms with Crippen molar-refractivity contribution in [2.45, 2.75) is 4.90 Å². The Hall–Kier alpha value is -3.65. The molecular weight excluding hydrogens is 390 g/mol. The van der Waals surface area contributed by atoms with E-state index in [-0.39, 0.29) is 4.90 Å². The molecule has 0 aliphatic heterocycles. The average Bonchev–Trinajstić information content (AvgIpc) is 2.75. The zero-order chi connectivity index (χ0) is 20.7. The Morgan fingerprint density at radius 3 is 2.28 bits per heavy atom. The van der Waals surface area contributed by atoms with Gasteiger partial charge in [0.25, 0.3) is 15.9 Å². The van der Waals surface area contributed by atoms with Crippen LogP contribution >= 0.6 is 0 Å². The van der Waals surface area contributed by atoms with Gasteiger partial charge in [-0.15, -0.1) is 0 Å². The van der Waals surface area contributed by atoms with E-state index in [4.69, 9.17) is 4.74 Å². The number of hydrazone groups is 1. The summed E-state index contributed by atoms with van der Waals surface area (Å²) in [6.07, 6.45) is 1.49. The van der Waals surface area contributed by atoms with Gasteiger partial charge in [0.15, 0.2) is 0 Å². The number of ether oxygens (including phenoxy) is 1. The summed E-state index contributed by atoms with van der Waals surface area (Å²) in [5.41, 5.74) is 3.84. The molecule has 3 aromatic carbocycles. The number of sulfonamides is 1. The predicted octanol–water partition coefficient (Wildman–Crippen LogP) is 3.26. The van der Waals surface area contributed by atoms with Crippen molar-refractivity contribution in [2.75, 3.05) is 11.8 Å². The average molecular weight is 409 g/mol. The fourth-order valence-electron chi connectivity index (χ4n) is 2.50. The number of benzene rings is 3. The maximum atomic E-state index is 12.3. The molecule has 0 bridgehead atoms. The number of anilines is 1. The van der Waals surface area contributed by atoms with Crippen LogP contribution in [0.5, 0.6) is 5.75 Å². The van der Waals surface area contributed by atoms with E-state index in [9.17, 15) is 13.2 Å². The number of carbonyl (C=O) groups is 1. The van der Waals surface area contributed by atoms with E-state index < -0.39 is 15.9 Å². The summed E-state index contributed by atoms with van der Waals surface area (Å²) in [5.74, 6) is 0.217. The van der Waals surface area contributed by atoms with E-state index in [0.29, 0.717) is 17.0 Å². The fourth-order valence-corrected chi connectivity index (χ4v) is 3.58. The molecule has 7 nitrogen and oxygen atoms in total. The molecular formula is C21H19N3O4S. The number of amides is 1. The van der Waals surface area contributed by atoms with E-state index in [1.165, 1.54) is 42.6 Å². The van der Waals surface area contributed by atoms with Gasteiger partial charge in [-0.1, -0.05) is 30.3 Å². The zero-order valence-corrected chi connectivity index (χ0v) is 16.4. The Bertz CT molecular complexity index is 1110. The maximum Gasteiger partial charge on any atom is 0.271 e. The number of para-hydroxylation sites is 1. The van der Waals surface area contributed by atoms with Gasteiger partial charge in [0.1, 0.15) is 5.75 Å². The van der Waals surface area contributed by atoms with Gasteiger partial charge in [0.2, 0.25) is 0 Å². The molecule has 0 aliphatic rings. The van der Waals surface area contributed by atoms with Gasteiger partial charge in [-0.05, 0) is 48.5 Å². The van der Waals surface area contributed by atoms with Crippen LogP contribution in [0.25, 0.3) is 0 Å². The Kier molecular flexibility index (Phi) is 6.25. The van der Waals surface area contributed by atoms with Crippen LogP contribution in [0.1, 0.15) is 15.9 Å². The lowest BCUT2D eigenvalue weighted by Crippen LogP contribution is -2.18. The molecule has 0 spiro atoms. The largest absolute Gasteiger partial charge is 0.496 e. The van der Waals surface area contributed by atoms with Crippen molar-refractivity contribution in [3.63, 3.8) is 0 Å². The number of rotatable bonds is 7. The monoisotopic (exact) mass is 409 g/mol. The summed E-state index contributed by atoms with van der Waals surface area (Å²) in [6, 6.07) is 21.4. The van der Waals surface area contributed by atoms with Gasteiger partial charge >= 0.3 is 0 Å². The van der Waals surface area contributed by atoms with Crippen LogP contribution in [0, 0.1) is 0 Å². The van der Waals surface area contributed by atoms with Gasteiger partial charge < -0.3 is 4.74 Å². The molecule has 148 valence electrons. The van der Waals surface area contributed by atoms with Crippen molar-refractivity contribution in [3.05, 3.63) is 90.0 Å². The third-order valence-electron chi connectivity index (χ3n) is 3.96. The van der Waals surface area contributed by atoms with Crippen molar-refractivity contribution in [1.29, 1.82) is 0 Å². The van der Waals surface area contributed by atoms with Gasteiger partial charge in [-0.2, -0.15) is 5.10 Å². The molecule has 0 atom stereocenters. The highest BCUT2D eigenvalue weighted by atomic mass is 32.2. The summed E-state index contributed by atoms with van der Waals surface area (Å²) in [7, 11) is -2.13. The third-order valence-corrected chi connectivity index (χ3v) is 5.36. The second-order valence-electron chi connectivity index (χ2n) is 5.94. The van der Waals surface area contributed by atoms with Gasteiger partial charge in [0.05, 0.1) is 18.2 Å². The van der Waals surface area contributed by atoms with E-state index in [2.05, 4.69) is 15.2 Å². The lowest BCUT2D eigenvalue weighted by molar-refractivity contribution is 0.0955. The topological polar surface area (TPSA) is 96.9 Å². The van der Waals surface area contributed by atoms with Crippen LogP contribution in [-0.4, -0.2) is 27.6 Å². The molecule has 0 unspecified atom stereocenters. The number of methoxy groups -OCH3 is 1. The van der Waals surface area contributed by atoms with Crippen LogP contribution in [0.4, 0.5) is 5.69 Å². The molecule has 3 rings (SSSR count). The minimum atomic E-state index is -3.68. The second-order valence-corrected chi connectivity index (χ2v) is 7.62. The van der Waals surface area contributed by atoms with Crippen molar-refractivity contribution in [1.82, 2.24) is 5.43 Å². The third kappa shape index (κ3) is 5.20. The standard InChI is InChI=1S/C21H19N3O4S/c1-28-20-10-6-5-7-17(20)15-22-23-21(25)16-11-13-18(14-12-16)24-29(26,27)19-8-3-2-4-9-19/h2-15,24H,1H3,(H,23,25)/b22-15-. The Morgan fingerprint density at radius 2 is 1.59 bits per heavy atom. The number of nitrogens with zero attached hydrogens (tertiary/aromatic N) is 1. The lowest BCUT2D eigenvalue weighted by atomic mass is 10.2. The first kappa shape index (κ1) is 20.1. The predicted molar refractivity (Wildman–Crippen MR) is 112 cm³/mol. The highest BCUT2D eigenvalue weighted by Crippen LogP contribution is 2.17. The highest BCUT2D eigenvalue weighted by molar-refractivity contribution is 7.92. The summed E-state index contributed by atoms with van der Waals surface area (Å²) < 4.78 is 32.3. The van der Waals surface area contributed by atoms with E-state index in [1.807, 2.05) is 18.2 Å². The van der Waals surface area contributed by atoms with Gasteiger partial charge in [0, 0.05) is 16.8 Å². The molecule has 2 N–H and O–H groups in total. The number of nitrogens with one attached hydrogen (secondary N) is 2. The lowest BCUT2D eigenvalue weighted by Gasteiger charge is -2.08. The first-order chi connectivity index (χ1) is 14.0. The van der Waals surface area contributed by atoms with Crippen molar-refractivity contribution in [2.24, 2.45) is 5.10 Å². The normalized spacial score (nSPS) is 11.2.